The molecule has 0 bridgehead atoms. The minimum atomic E-state index is 0.00117. The molecular weight excluding hydrogens is 242 g/mol. The predicted molar refractivity (Wildman–Crippen MR) is 73.5 cm³/mol. The molecule has 3 N–H and O–H groups in total. The third kappa shape index (κ3) is 3.33. The molecule has 2 atom stereocenters. The van der Waals surface area contributed by atoms with Crippen LogP contribution in [0.15, 0.2) is 12.5 Å². The molecule has 1 amide bonds. The fourth-order valence-corrected chi connectivity index (χ4v) is 2.65. The van der Waals surface area contributed by atoms with Crippen molar-refractivity contribution in [1.82, 2.24) is 25.7 Å². The van der Waals surface area contributed by atoms with Crippen molar-refractivity contribution in [2.45, 2.75) is 38.8 Å². The number of aromatic nitrogens is 2. The number of hydrogen-bond acceptors (Lipinski definition) is 4. The minimum Gasteiger partial charge on any atom is -0.341 e. The summed E-state index contributed by atoms with van der Waals surface area (Å²) in [5, 5.41) is 0. The van der Waals surface area contributed by atoms with E-state index in [9.17, 15) is 4.79 Å². The van der Waals surface area contributed by atoms with Crippen LogP contribution in [-0.4, -0.2) is 46.5 Å². The zero-order chi connectivity index (χ0) is 13.8. The van der Waals surface area contributed by atoms with Gasteiger partial charge in [0.15, 0.2) is 0 Å². The largest absolute Gasteiger partial charge is 0.341 e. The van der Waals surface area contributed by atoms with Gasteiger partial charge in [0.05, 0.1) is 12.5 Å². The Morgan fingerprint density at radius 1 is 1.37 bits per heavy atom. The van der Waals surface area contributed by atoms with Crippen LogP contribution in [0.25, 0.3) is 0 Å². The minimum absolute atomic E-state index is 0.00117. The van der Waals surface area contributed by atoms with Crippen molar-refractivity contribution in [1.29, 1.82) is 0 Å². The van der Waals surface area contributed by atoms with Gasteiger partial charge >= 0.3 is 0 Å². The first kappa shape index (κ1) is 14.0. The van der Waals surface area contributed by atoms with Crippen molar-refractivity contribution in [3.8, 4) is 0 Å². The van der Waals surface area contributed by atoms with Gasteiger partial charge in [-0.3, -0.25) is 15.6 Å². The molecule has 0 saturated carbocycles. The highest BCUT2D eigenvalue weighted by Crippen LogP contribution is 2.20. The van der Waals surface area contributed by atoms with E-state index >= 15 is 0 Å². The van der Waals surface area contributed by atoms with Crippen LogP contribution in [0.1, 0.15) is 37.2 Å². The number of rotatable bonds is 5. The van der Waals surface area contributed by atoms with E-state index in [0.29, 0.717) is 23.7 Å². The van der Waals surface area contributed by atoms with E-state index in [1.165, 1.54) is 6.33 Å². The highest BCUT2D eigenvalue weighted by Gasteiger charge is 2.29. The van der Waals surface area contributed by atoms with Crippen molar-refractivity contribution >= 4 is 5.91 Å². The summed E-state index contributed by atoms with van der Waals surface area (Å²) in [6.07, 6.45) is 5.22. The van der Waals surface area contributed by atoms with Crippen molar-refractivity contribution in [2.75, 3.05) is 13.6 Å². The topological polar surface area (TPSA) is 73.0 Å². The summed E-state index contributed by atoms with van der Waals surface area (Å²) in [6, 6.07) is 0.979. The number of nitrogens with zero attached hydrogens (tertiary/aromatic N) is 2. The van der Waals surface area contributed by atoms with Crippen LogP contribution in [0, 0.1) is 5.92 Å². The van der Waals surface area contributed by atoms with E-state index in [1.807, 2.05) is 7.05 Å². The summed E-state index contributed by atoms with van der Waals surface area (Å²) < 4.78 is 0. The van der Waals surface area contributed by atoms with E-state index < -0.39 is 0 Å². The van der Waals surface area contributed by atoms with Gasteiger partial charge in [0.25, 0.3) is 5.91 Å². The molecule has 2 unspecified atom stereocenters. The van der Waals surface area contributed by atoms with Gasteiger partial charge in [0.1, 0.15) is 5.69 Å². The zero-order valence-corrected chi connectivity index (χ0v) is 11.8. The molecule has 1 saturated heterocycles. The Morgan fingerprint density at radius 3 is 2.63 bits per heavy atom. The number of carbonyl (C=O) groups excluding carboxylic acids is 1. The van der Waals surface area contributed by atoms with E-state index in [4.69, 9.17) is 0 Å². The Bertz CT molecular complexity index is 395. The fourth-order valence-electron chi connectivity index (χ4n) is 2.65. The third-order valence-electron chi connectivity index (χ3n) is 3.93. The van der Waals surface area contributed by atoms with Crippen LogP contribution in [0.5, 0.6) is 0 Å². The molecule has 0 aliphatic carbocycles. The van der Waals surface area contributed by atoms with E-state index in [1.54, 1.807) is 11.1 Å². The number of amides is 1. The molecule has 0 aromatic carbocycles. The van der Waals surface area contributed by atoms with Crippen LogP contribution in [0.2, 0.25) is 0 Å². The fraction of sp³-hybridized carbons (Fsp3) is 0.692. The molecular formula is C13H23N5O. The normalized spacial score (nSPS) is 26.6. The lowest BCUT2D eigenvalue weighted by Crippen LogP contribution is -2.30. The lowest BCUT2D eigenvalue weighted by molar-refractivity contribution is 0.0785. The molecule has 1 aliphatic rings. The number of nitrogens with one attached hydrogen (secondary N) is 3. The number of aromatic amines is 1. The highest BCUT2D eigenvalue weighted by atomic mass is 16.2. The lowest BCUT2D eigenvalue weighted by Gasteiger charge is -2.20. The zero-order valence-electron chi connectivity index (χ0n) is 11.8. The summed E-state index contributed by atoms with van der Waals surface area (Å²) in [5.41, 5.74) is 7.07. The standard InChI is InChI=1S/C13H23N5O/c1-9-11(10(2)17-16-9)5-4-6-18(3)13(19)12-7-14-8-15-12/h7-11,16-17H,4-6H2,1-3H3,(H,14,15). The Kier molecular flexibility index (Phi) is 4.55. The number of hydrogen-bond donors (Lipinski definition) is 3. The molecule has 6 nitrogen and oxygen atoms in total. The van der Waals surface area contributed by atoms with E-state index in [0.717, 1.165) is 19.4 Å². The maximum absolute atomic E-state index is 12.0. The number of imidazole rings is 1. The van der Waals surface area contributed by atoms with Gasteiger partial charge in [-0.25, -0.2) is 4.98 Å². The number of H-pyrrole nitrogens is 1. The SMILES string of the molecule is CC1NNC(C)C1CCCN(C)C(=O)c1cnc[nH]1. The van der Waals surface area contributed by atoms with Crippen LogP contribution in [0.3, 0.4) is 0 Å². The molecule has 2 rings (SSSR count). The predicted octanol–water partition coefficient (Wildman–Crippen LogP) is 0.763. The maximum atomic E-state index is 12.0. The van der Waals surface area contributed by atoms with Crippen molar-refractivity contribution < 1.29 is 4.79 Å². The summed E-state index contributed by atoms with van der Waals surface area (Å²) in [6.45, 7) is 5.16. The highest BCUT2D eigenvalue weighted by molar-refractivity contribution is 5.91. The Hall–Kier alpha value is -1.40. The van der Waals surface area contributed by atoms with E-state index in [-0.39, 0.29) is 5.91 Å². The molecule has 1 fully saturated rings. The molecule has 0 spiro atoms. The monoisotopic (exact) mass is 265 g/mol. The molecule has 1 aromatic rings. The van der Waals surface area contributed by atoms with Crippen LogP contribution < -0.4 is 10.9 Å². The molecule has 2 heterocycles. The second kappa shape index (κ2) is 6.16. The first-order chi connectivity index (χ1) is 9.09. The van der Waals surface area contributed by atoms with Gasteiger partial charge in [-0.1, -0.05) is 0 Å². The van der Waals surface area contributed by atoms with Gasteiger partial charge in [-0.2, -0.15) is 0 Å². The first-order valence-electron chi connectivity index (χ1n) is 6.84. The second-order valence-corrected chi connectivity index (χ2v) is 5.36. The molecule has 1 aliphatic heterocycles. The second-order valence-electron chi connectivity index (χ2n) is 5.36. The summed E-state index contributed by atoms with van der Waals surface area (Å²) in [4.78, 5) is 20.5. The Morgan fingerprint density at radius 2 is 2.05 bits per heavy atom. The summed E-state index contributed by atoms with van der Waals surface area (Å²) >= 11 is 0. The van der Waals surface area contributed by atoms with E-state index in [2.05, 4.69) is 34.7 Å². The van der Waals surface area contributed by atoms with Gasteiger partial charge in [-0.05, 0) is 32.6 Å². The van der Waals surface area contributed by atoms with Gasteiger partial charge in [0, 0.05) is 25.7 Å². The van der Waals surface area contributed by atoms with Crippen LogP contribution >= 0.6 is 0 Å². The average molecular weight is 265 g/mol. The van der Waals surface area contributed by atoms with Crippen molar-refractivity contribution in [3.63, 3.8) is 0 Å². The number of hydrazine groups is 1. The molecule has 6 heteroatoms. The quantitative estimate of drug-likeness (QED) is 0.735. The van der Waals surface area contributed by atoms with Gasteiger partial charge in [-0.15, -0.1) is 0 Å². The van der Waals surface area contributed by atoms with Crippen molar-refractivity contribution in [3.05, 3.63) is 18.2 Å². The van der Waals surface area contributed by atoms with Crippen LogP contribution in [-0.2, 0) is 0 Å². The molecule has 1 aromatic heterocycles. The Labute approximate surface area is 113 Å². The van der Waals surface area contributed by atoms with Crippen LogP contribution in [0.4, 0.5) is 0 Å². The maximum Gasteiger partial charge on any atom is 0.271 e. The Balaban J connectivity index is 1.75. The number of carbonyl (C=O) groups is 1. The lowest BCUT2D eigenvalue weighted by atomic mass is 9.91. The first-order valence-corrected chi connectivity index (χ1v) is 6.84. The third-order valence-corrected chi connectivity index (χ3v) is 3.93. The smallest absolute Gasteiger partial charge is 0.271 e. The summed E-state index contributed by atoms with van der Waals surface area (Å²) in [5.74, 6) is 0.622. The van der Waals surface area contributed by atoms with Gasteiger partial charge in [0.2, 0.25) is 0 Å². The molecule has 19 heavy (non-hydrogen) atoms. The van der Waals surface area contributed by atoms with Gasteiger partial charge < -0.3 is 9.88 Å². The van der Waals surface area contributed by atoms with Crippen molar-refractivity contribution in [2.24, 2.45) is 5.92 Å². The summed E-state index contributed by atoms with van der Waals surface area (Å²) in [7, 11) is 1.83. The average Bonchev–Trinajstić information content (AvgIpc) is 3.02. The molecule has 106 valence electrons. The molecule has 0 radical (unpaired) electrons.